The summed E-state index contributed by atoms with van der Waals surface area (Å²) >= 11 is 0. The van der Waals surface area contributed by atoms with Crippen LogP contribution in [0.4, 0.5) is 4.79 Å². The Bertz CT molecular complexity index is 490. The minimum Gasteiger partial charge on any atom is -0.469 e. The van der Waals surface area contributed by atoms with Gasteiger partial charge < -0.3 is 14.2 Å². The number of carbonyl (C=O) groups excluding carboxylic acids is 2. The van der Waals surface area contributed by atoms with E-state index in [-0.39, 0.29) is 23.8 Å². The molecular weight excluding hydrogens is 310 g/mol. The predicted molar refractivity (Wildman–Crippen MR) is 91.4 cm³/mol. The Morgan fingerprint density at radius 1 is 1.29 bits per heavy atom. The maximum Gasteiger partial charge on any atom is 0.413 e. The molecule has 1 fully saturated rings. The van der Waals surface area contributed by atoms with Crippen molar-refractivity contribution in [2.24, 2.45) is 11.8 Å². The molecule has 1 aliphatic heterocycles. The van der Waals surface area contributed by atoms with Gasteiger partial charge in [-0.05, 0) is 40.5 Å². The van der Waals surface area contributed by atoms with E-state index in [0.717, 1.165) is 0 Å². The lowest BCUT2D eigenvalue weighted by molar-refractivity contribution is -0.145. The van der Waals surface area contributed by atoms with Crippen molar-refractivity contribution in [2.45, 2.75) is 65.8 Å². The number of carbonyl (C=O) groups is 2. The summed E-state index contributed by atoms with van der Waals surface area (Å²) in [7, 11) is 1.38. The molecule has 6 nitrogen and oxygen atoms in total. The zero-order chi connectivity index (χ0) is 18.7. The molecule has 0 spiro atoms. The maximum absolute atomic E-state index is 12.6. The summed E-state index contributed by atoms with van der Waals surface area (Å²) in [4.78, 5) is 26.0. The SMILES string of the molecule is COC(=O)[C@H](/C=C/[C@@H]1COC(C)(C)N1C(=O)OC(C)(C)C)C(C)C. The quantitative estimate of drug-likeness (QED) is 0.579. The summed E-state index contributed by atoms with van der Waals surface area (Å²) in [5.74, 6) is -0.554. The lowest BCUT2D eigenvalue weighted by Crippen LogP contribution is -2.49. The van der Waals surface area contributed by atoms with Crippen molar-refractivity contribution in [3.05, 3.63) is 12.2 Å². The monoisotopic (exact) mass is 341 g/mol. The number of hydrogen-bond acceptors (Lipinski definition) is 5. The van der Waals surface area contributed by atoms with E-state index in [1.54, 1.807) is 11.0 Å². The van der Waals surface area contributed by atoms with Crippen LogP contribution in [0.2, 0.25) is 0 Å². The number of amides is 1. The predicted octanol–water partition coefficient (Wildman–Crippen LogP) is 3.36. The molecule has 1 rings (SSSR count). The molecule has 1 amide bonds. The lowest BCUT2D eigenvalue weighted by Gasteiger charge is -2.34. The normalized spacial score (nSPS) is 22.0. The zero-order valence-electron chi connectivity index (χ0n) is 16.1. The van der Waals surface area contributed by atoms with Gasteiger partial charge in [0.05, 0.1) is 25.7 Å². The van der Waals surface area contributed by atoms with Crippen molar-refractivity contribution in [1.29, 1.82) is 0 Å². The van der Waals surface area contributed by atoms with E-state index in [9.17, 15) is 9.59 Å². The Morgan fingerprint density at radius 2 is 1.88 bits per heavy atom. The highest BCUT2D eigenvalue weighted by molar-refractivity contribution is 5.74. The van der Waals surface area contributed by atoms with E-state index in [0.29, 0.717) is 6.61 Å². The molecule has 0 N–H and O–H groups in total. The molecule has 0 radical (unpaired) electrons. The van der Waals surface area contributed by atoms with Crippen molar-refractivity contribution >= 4 is 12.1 Å². The molecular formula is C18H31NO5. The Morgan fingerprint density at radius 3 is 2.33 bits per heavy atom. The lowest BCUT2D eigenvalue weighted by atomic mass is 9.95. The first-order chi connectivity index (χ1) is 10.9. The third-order valence-corrected chi connectivity index (χ3v) is 3.84. The fraction of sp³-hybridized carbons (Fsp3) is 0.778. The average molecular weight is 341 g/mol. The standard InChI is InChI=1S/C18H31NO5/c1-12(2)14(15(20)22-8)10-9-13-11-23-18(6,7)19(13)16(21)24-17(3,4)5/h9-10,12-14H,11H2,1-8H3/b10-9+/t13-,14-/m1/s1. The van der Waals surface area contributed by atoms with Gasteiger partial charge in [-0.2, -0.15) is 0 Å². The van der Waals surface area contributed by atoms with Crippen molar-refractivity contribution in [3.8, 4) is 0 Å². The Labute approximate surface area is 145 Å². The summed E-state index contributed by atoms with van der Waals surface area (Å²) in [6.45, 7) is 13.4. The molecule has 1 saturated heterocycles. The second kappa shape index (κ2) is 7.55. The molecule has 0 aromatic rings. The smallest absolute Gasteiger partial charge is 0.413 e. The first kappa shape index (κ1) is 20.5. The Balaban J connectivity index is 2.98. The third kappa shape index (κ3) is 5.23. The fourth-order valence-electron chi connectivity index (χ4n) is 2.60. The van der Waals surface area contributed by atoms with E-state index in [2.05, 4.69) is 0 Å². The molecule has 24 heavy (non-hydrogen) atoms. The summed E-state index contributed by atoms with van der Waals surface area (Å²) in [5, 5.41) is 0. The van der Waals surface area contributed by atoms with E-state index in [1.807, 2.05) is 54.5 Å². The number of ether oxygens (including phenoxy) is 3. The van der Waals surface area contributed by atoms with Crippen LogP contribution in [0.5, 0.6) is 0 Å². The van der Waals surface area contributed by atoms with Gasteiger partial charge in [0.15, 0.2) is 0 Å². The summed E-state index contributed by atoms with van der Waals surface area (Å²) < 4.78 is 16.1. The van der Waals surface area contributed by atoms with Crippen LogP contribution in [-0.4, -0.2) is 48.0 Å². The highest BCUT2D eigenvalue weighted by Crippen LogP contribution is 2.30. The Kier molecular flexibility index (Phi) is 6.45. The minimum absolute atomic E-state index is 0.0963. The van der Waals surface area contributed by atoms with Gasteiger partial charge in [-0.3, -0.25) is 9.69 Å². The topological polar surface area (TPSA) is 65.1 Å². The van der Waals surface area contributed by atoms with Crippen LogP contribution in [0.3, 0.4) is 0 Å². The molecule has 138 valence electrons. The molecule has 0 unspecified atom stereocenters. The van der Waals surface area contributed by atoms with Crippen LogP contribution in [0.25, 0.3) is 0 Å². The van der Waals surface area contributed by atoms with E-state index < -0.39 is 17.4 Å². The van der Waals surface area contributed by atoms with Crippen LogP contribution in [-0.2, 0) is 19.0 Å². The molecule has 1 aliphatic rings. The van der Waals surface area contributed by atoms with Gasteiger partial charge in [-0.25, -0.2) is 4.79 Å². The van der Waals surface area contributed by atoms with Crippen molar-refractivity contribution < 1.29 is 23.8 Å². The van der Waals surface area contributed by atoms with Crippen LogP contribution < -0.4 is 0 Å². The van der Waals surface area contributed by atoms with Crippen molar-refractivity contribution in [3.63, 3.8) is 0 Å². The number of esters is 1. The van der Waals surface area contributed by atoms with Crippen LogP contribution in [0.15, 0.2) is 12.2 Å². The third-order valence-electron chi connectivity index (χ3n) is 3.84. The van der Waals surface area contributed by atoms with Crippen LogP contribution >= 0.6 is 0 Å². The number of hydrogen-bond donors (Lipinski definition) is 0. The largest absolute Gasteiger partial charge is 0.469 e. The van der Waals surface area contributed by atoms with Crippen molar-refractivity contribution in [1.82, 2.24) is 4.90 Å². The first-order valence-electron chi connectivity index (χ1n) is 8.31. The van der Waals surface area contributed by atoms with Gasteiger partial charge >= 0.3 is 12.1 Å². The van der Waals surface area contributed by atoms with E-state index in [4.69, 9.17) is 14.2 Å². The molecule has 0 saturated carbocycles. The van der Waals surface area contributed by atoms with Gasteiger partial charge in [-0.1, -0.05) is 26.0 Å². The minimum atomic E-state index is -0.768. The molecule has 0 aromatic heterocycles. The molecule has 6 heteroatoms. The van der Waals surface area contributed by atoms with Gasteiger partial charge in [0.25, 0.3) is 0 Å². The molecule has 2 atom stereocenters. The molecule has 0 aliphatic carbocycles. The van der Waals surface area contributed by atoms with E-state index in [1.165, 1.54) is 7.11 Å². The second-order valence-corrected chi connectivity index (χ2v) is 7.85. The molecule has 0 aromatic carbocycles. The number of nitrogens with zero attached hydrogens (tertiary/aromatic N) is 1. The van der Waals surface area contributed by atoms with Crippen molar-refractivity contribution in [2.75, 3.05) is 13.7 Å². The van der Waals surface area contributed by atoms with Crippen LogP contribution in [0, 0.1) is 11.8 Å². The number of rotatable bonds is 4. The van der Waals surface area contributed by atoms with Gasteiger partial charge in [0, 0.05) is 0 Å². The van der Waals surface area contributed by atoms with Gasteiger partial charge in [0.1, 0.15) is 11.3 Å². The average Bonchev–Trinajstić information content (AvgIpc) is 2.71. The maximum atomic E-state index is 12.6. The van der Waals surface area contributed by atoms with E-state index >= 15 is 0 Å². The summed E-state index contributed by atoms with van der Waals surface area (Å²) in [5.41, 5.74) is -1.35. The Hall–Kier alpha value is -1.56. The van der Waals surface area contributed by atoms with Crippen LogP contribution in [0.1, 0.15) is 48.5 Å². The first-order valence-corrected chi connectivity index (χ1v) is 8.31. The van der Waals surface area contributed by atoms with Gasteiger partial charge in [-0.15, -0.1) is 0 Å². The molecule has 0 bridgehead atoms. The number of methoxy groups -OCH3 is 1. The highest BCUT2D eigenvalue weighted by Gasteiger charge is 2.44. The fourth-order valence-corrected chi connectivity index (χ4v) is 2.60. The summed E-state index contributed by atoms with van der Waals surface area (Å²) in [6, 6.07) is -0.291. The summed E-state index contributed by atoms with van der Waals surface area (Å²) in [6.07, 6.45) is 3.20. The molecule has 1 heterocycles. The zero-order valence-corrected chi connectivity index (χ0v) is 16.1. The second-order valence-electron chi connectivity index (χ2n) is 7.85. The van der Waals surface area contributed by atoms with Gasteiger partial charge in [0.2, 0.25) is 0 Å². The highest BCUT2D eigenvalue weighted by atomic mass is 16.6.